The molecule has 0 saturated heterocycles. The average Bonchev–Trinajstić information content (AvgIpc) is 3.25. The maximum Gasteiger partial charge on any atom is 0.267 e. The zero-order valence-electron chi connectivity index (χ0n) is 13.9. The van der Waals surface area contributed by atoms with Gasteiger partial charge in [-0.05, 0) is 42.3 Å². The summed E-state index contributed by atoms with van der Waals surface area (Å²) >= 11 is 0. The van der Waals surface area contributed by atoms with Crippen molar-refractivity contribution in [3.8, 4) is 5.75 Å². The molecular weight excluding hydrogens is 314 g/mol. The van der Waals surface area contributed by atoms with Gasteiger partial charge < -0.3 is 20.0 Å². The average molecular weight is 333 g/mol. The predicted octanol–water partition coefficient (Wildman–Crippen LogP) is 3.63. The van der Waals surface area contributed by atoms with E-state index in [4.69, 9.17) is 4.74 Å². The Balaban J connectivity index is 1.44. The van der Waals surface area contributed by atoms with Gasteiger partial charge in [-0.3, -0.25) is 4.79 Å². The van der Waals surface area contributed by atoms with E-state index in [0.29, 0.717) is 12.2 Å². The maximum absolute atomic E-state index is 12.3. The lowest BCUT2D eigenvalue weighted by Crippen LogP contribution is -2.25. The van der Waals surface area contributed by atoms with E-state index in [1.54, 1.807) is 7.11 Å². The first-order valence-corrected chi connectivity index (χ1v) is 8.24. The number of aromatic amines is 2. The molecule has 0 atom stereocenters. The number of para-hydroxylation sites is 1. The van der Waals surface area contributed by atoms with E-state index in [-0.39, 0.29) is 5.91 Å². The molecule has 0 aliphatic heterocycles. The van der Waals surface area contributed by atoms with E-state index in [1.165, 1.54) is 0 Å². The summed E-state index contributed by atoms with van der Waals surface area (Å²) in [6, 6.07) is 15.7. The van der Waals surface area contributed by atoms with Gasteiger partial charge >= 0.3 is 0 Å². The normalized spacial score (nSPS) is 11.1. The van der Waals surface area contributed by atoms with Gasteiger partial charge in [-0.15, -0.1) is 0 Å². The highest BCUT2D eigenvalue weighted by atomic mass is 16.5. The third kappa shape index (κ3) is 2.96. The molecule has 0 saturated carbocycles. The van der Waals surface area contributed by atoms with Gasteiger partial charge in [0.1, 0.15) is 11.4 Å². The molecule has 4 rings (SSSR count). The van der Waals surface area contributed by atoms with Crippen molar-refractivity contribution >= 4 is 27.7 Å². The summed E-state index contributed by atoms with van der Waals surface area (Å²) in [6.07, 6.45) is 2.73. The lowest BCUT2D eigenvalue weighted by molar-refractivity contribution is 0.0950. The summed E-state index contributed by atoms with van der Waals surface area (Å²) in [5.74, 6) is 0.740. The molecule has 25 heavy (non-hydrogen) atoms. The third-order valence-corrected chi connectivity index (χ3v) is 4.43. The number of aromatic nitrogens is 2. The molecule has 2 aromatic carbocycles. The van der Waals surface area contributed by atoms with Crippen LogP contribution in [0.5, 0.6) is 5.75 Å². The van der Waals surface area contributed by atoms with E-state index >= 15 is 0 Å². The maximum atomic E-state index is 12.3. The van der Waals surface area contributed by atoms with E-state index < -0.39 is 0 Å². The van der Waals surface area contributed by atoms with Crippen molar-refractivity contribution in [2.75, 3.05) is 13.7 Å². The first-order chi connectivity index (χ1) is 12.2. The van der Waals surface area contributed by atoms with Crippen molar-refractivity contribution in [3.05, 3.63) is 66.0 Å². The molecular formula is C20H19N3O2. The fraction of sp³-hybridized carbons (Fsp3) is 0.150. The zero-order chi connectivity index (χ0) is 17.2. The van der Waals surface area contributed by atoms with Crippen molar-refractivity contribution in [3.63, 3.8) is 0 Å². The molecule has 2 heterocycles. The number of carbonyl (C=O) groups excluding carboxylic acids is 1. The SMILES string of the molecule is COc1ccc2[nH]cc(CCNC(=O)c3cc4ccccc4[nH]3)c2c1. The largest absolute Gasteiger partial charge is 0.497 e. The number of hydrogen-bond acceptors (Lipinski definition) is 2. The Kier molecular flexibility index (Phi) is 3.90. The summed E-state index contributed by atoms with van der Waals surface area (Å²) in [7, 11) is 1.66. The Morgan fingerprint density at radius 2 is 2.00 bits per heavy atom. The van der Waals surface area contributed by atoms with Crippen molar-refractivity contribution in [1.82, 2.24) is 15.3 Å². The van der Waals surface area contributed by atoms with Crippen molar-refractivity contribution in [1.29, 1.82) is 0 Å². The number of hydrogen-bond donors (Lipinski definition) is 3. The molecule has 4 aromatic rings. The number of amides is 1. The van der Waals surface area contributed by atoms with Crippen LogP contribution in [0.1, 0.15) is 16.1 Å². The first-order valence-electron chi connectivity index (χ1n) is 8.24. The van der Waals surface area contributed by atoms with Crippen molar-refractivity contribution in [2.45, 2.75) is 6.42 Å². The number of ether oxygens (including phenoxy) is 1. The van der Waals surface area contributed by atoms with Crippen LogP contribution in [0.2, 0.25) is 0 Å². The van der Waals surface area contributed by atoms with E-state index in [1.807, 2.05) is 54.7 Å². The Hall–Kier alpha value is -3.21. The van der Waals surface area contributed by atoms with Gasteiger partial charge in [0.2, 0.25) is 0 Å². The third-order valence-electron chi connectivity index (χ3n) is 4.43. The second-order valence-electron chi connectivity index (χ2n) is 6.00. The number of H-pyrrole nitrogens is 2. The summed E-state index contributed by atoms with van der Waals surface area (Å²) in [5.41, 5.74) is 3.78. The molecule has 5 nitrogen and oxygen atoms in total. The highest BCUT2D eigenvalue weighted by Crippen LogP contribution is 2.23. The lowest BCUT2D eigenvalue weighted by Gasteiger charge is -2.04. The van der Waals surface area contributed by atoms with Crippen molar-refractivity contribution < 1.29 is 9.53 Å². The van der Waals surface area contributed by atoms with E-state index in [0.717, 1.165) is 39.5 Å². The summed E-state index contributed by atoms with van der Waals surface area (Å²) < 4.78 is 5.29. The quantitative estimate of drug-likeness (QED) is 0.522. The number of benzene rings is 2. The van der Waals surface area contributed by atoms with Crippen LogP contribution in [0.3, 0.4) is 0 Å². The Bertz CT molecular complexity index is 1010. The molecule has 0 fully saturated rings. The van der Waals surface area contributed by atoms with Gasteiger partial charge in [0, 0.05) is 34.5 Å². The van der Waals surface area contributed by atoms with Gasteiger partial charge in [-0.25, -0.2) is 0 Å². The smallest absolute Gasteiger partial charge is 0.267 e. The molecule has 0 unspecified atom stereocenters. The molecule has 1 amide bonds. The van der Waals surface area contributed by atoms with Crippen LogP contribution in [0.4, 0.5) is 0 Å². The molecule has 0 aliphatic rings. The molecule has 3 N–H and O–H groups in total. The minimum Gasteiger partial charge on any atom is -0.497 e. The second kappa shape index (κ2) is 6.36. The summed E-state index contributed by atoms with van der Waals surface area (Å²) in [5, 5.41) is 5.14. The minimum absolute atomic E-state index is 0.0892. The minimum atomic E-state index is -0.0892. The fourth-order valence-electron chi connectivity index (χ4n) is 3.09. The van der Waals surface area contributed by atoms with E-state index in [9.17, 15) is 4.79 Å². The molecule has 0 spiro atoms. The van der Waals surface area contributed by atoms with Gasteiger partial charge in [0.25, 0.3) is 5.91 Å². The van der Waals surface area contributed by atoms with Crippen LogP contribution in [0.25, 0.3) is 21.8 Å². The summed E-state index contributed by atoms with van der Waals surface area (Å²) in [6.45, 7) is 0.568. The highest BCUT2D eigenvalue weighted by molar-refractivity contribution is 5.98. The summed E-state index contributed by atoms with van der Waals surface area (Å²) in [4.78, 5) is 18.7. The van der Waals surface area contributed by atoms with Crippen LogP contribution < -0.4 is 10.1 Å². The number of rotatable bonds is 5. The van der Waals surface area contributed by atoms with Gasteiger partial charge in [-0.2, -0.15) is 0 Å². The molecule has 126 valence electrons. The van der Waals surface area contributed by atoms with Crippen LogP contribution in [-0.2, 0) is 6.42 Å². The highest BCUT2D eigenvalue weighted by Gasteiger charge is 2.10. The number of methoxy groups -OCH3 is 1. The first kappa shape index (κ1) is 15.3. The fourth-order valence-corrected chi connectivity index (χ4v) is 3.09. The number of carbonyl (C=O) groups is 1. The zero-order valence-corrected chi connectivity index (χ0v) is 13.9. The molecule has 0 aliphatic carbocycles. The predicted molar refractivity (Wildman–Crippen MR) is 99.2 cm³/mol. The van der Waals surface area contributed by atoms with Crippen LogP contribution >= 0.6 is 0 Å². The van der Waals surface area contributed by atoms with E-state index in [2.05, 4.69) is 15.3 Å². The Labute approximate surface area is 145 Å². The lowest BCUT2D eigenvalue weighted by atomic mass is 10.1. The van der Waals surface area contributed by atoms with Crippen molar-refractivity contribution in [2.24, 2.45) is 0 Å². The standard InChI is InChI=1S/C20H19N3O2/c1-25-15-6-7-18-16(11-15)14(12-22-18)8-9-21-20(24)19-10-13-4-2-3-5-17(13)23-19/h2-7,10-12,22-23H,8-9H2,1H3,(H,21,24). The van der Waals surface area contributed by atoms with Crippen LogP contribution in [-0.4, -0.2) is 29.5 Å². The van der Waals surface area contributed by atoms with Gasteiger partial charge in [0.05, 0.1) is 7.11 Å². The molecule has 5 heteroatoms. The molecule has 2 aromatic heterocycles. The topological polar surface area (TPSA) is 69.9 Å². The molecule has 0 bridgehead atoms. The second-order valence-corrected chi connectivity index (χ2v) is 6.00. The Morgan fingerprint density at radius 1 is 1.12 bits per heavy atom. The monoisotopic (exact) mass is 333 g/mol. The Morgan fingerprint density at radius 3 is 2.84 bits per heavy atom. The molecule has 0 radical (unpaired) electrons. The number of nitrogens with one attached hydrogen (secondary N) is 3. The van der Waals surface area contributed by atoms with Gasteiger partial charge in [-0.1, -0.05) is 18.2 Å². The number of fused-ring (bicyclic) bond motifs is 2. The van der Waals surface area contributed by atoms with Gasteiger partial charge in [0.15, 0.2) is 0 Å². The van der Waals surface area contributed by atoms with Crippen LogP contribution in [0.15, 0.2) is 54.7 Å². The van der Waals surface area contributed by atoms with Crippen LogP contribution in [0, 0.1) is 0 Å².